The van der Waals surface area contributed by atoms with Crippen molar-refractivity contribution in [2.75, 3.05) is 19.6 Å². The number of hydrogen-bond donors (Lipinski definition) is 2. The number of fused-ring (bicyclic) bond motifs is 1. The molecular formula is C14H19ClN4S. The number of rotatable bonds is 5. The van der Waals surface area contributed by atoms with E-state index in [9.17, 15) is 0 Å². The van der Waals surface area contributed by atoms with Crippen LogP contribution in [0.3, 0.4) is 0 Å². The highest BCUT2D eigenvalue weighted by Gasteiger charge is 2.04. The summed E-state index contributed by atoms with van der Waals surface area (Å²) in [6.45, 7) is 6.58. The van der Waals surface area contributed by atoms with E-state index in [1.165, 1.54) is 4.70 Å². The molecule has 0 saturated carbocycles. The summed E-state index contributed by atoms with van der Waals surface area (Å²) < 4.78 is 1.17. The number of benzene rings is 1. The van der Waals surface area contributed by atoms with Gasteiger partial charge in [0, 0.05) is 31.1 Å². The highest BCUT2D eigenvalue weighted by atomic mass is 35.5. The molecule has 0 radical (unpaired) electrons. The summed E-state index contributed by atoms with van der Waals surface area (Å²) in [6.07, 6.45) is 0.844. The molecule has 0 aliphatic carbocycles. The first-order valence-corrected chi connectivity index (χ1v) is 7.99. The van der Waals surface area contributed by atoms with Crippen LogP contribution in [0.5, 0.6) is 0 Å². The van der Waals surface area contributed by atoms with Gasteiger partial charge >= 0.3 is 0 Å². The molecule has 4 nitrogen and oxygen atoms in total. The smallest absolute Gasteiger partial charge is 0.191 e. The van der Waals surface area contributed by atoms with E-state index in [4.69, 9.17) is 11.6 Å². The summed E-state index contributed by atoms with van der Waals surface area (Å²) in [7, 11) is 0. The van der Waals surface area contributed by atoms with E-state index in [0.717, 1.165) is 47.6 Å². The van der Waals surface area contributed by atoms with Crippen LogP contribution in [0.2, 0.25) is 5.02 Å². The summed E-state index contributed by atoms with van der Waals surface area (Å²) in [5, 5.41) is 8.24. The Balaban J connectivity index is 1.99. The molecule has 20 heavy (non-hydrogen) atoms. The Kier molecular flexibility index (Phi) is 5.61. The third kappa shape index (κ3) is 4.08. The standard InChI is InChI=1S/C14H19ClN4S/c1-3-16-14(17-4-2)18-8-7-13-19-11-9-10(15)5-6-12(11)20-13/h5-6,9H,3-4,7-8H2,1-2H3,(H2,16,17,18). The van der Waals surface area contributed by atoms with Gasteiger partial charge in [0.25, 0.3) is 0 Å². The number of aliphatic imine (C=N–C) groups is 1. The van der Waals surface area contributed by atoms with E-state index < -0.39 is 0 Å². The second-order valence-electron chi connectivity index (χ2n) is 4.26. The molecule has 2 N–H and O–H groups in total. The Labute approximate surface area is 128 Å². The van der Waals surface area contributed by atoms with Gasteiger partial charge in [-0.2, -0.15) is 0 Å². The zero-order valence-electron chi connectivity index (χ0n) is 11.7. The second-order valence-corrected chi connectivity index (χ2v) is 5.81. The molecule has 2 rings (SSSR count). The Hall–Kier alpha value is -1.33. The van der Waals surface area contributed by atoms with Gasteiger partial charge in [0.2, 0.25) is 0 Å². The fraction of sp³-hybridized carbons (Fsp3) is 0.429. The molecule has 0 fully saturated rings. The third-order valence-corrected chi connectivity index (χ3v) is 4.01. The van der Waals surface area contributed by atoms with Crippen LogP contribution in [0, 0.1) is 0 Å². The quantitative estimate of drug-likeness (QED) is 0.659. The lowest BCUT2D eigenvalue weighted by Gasteiger charge is -2.08. The zero-order chi connectivity index (χ0) is 14.4. The molecule has 1 heterocycles. The van der Waals surface area contributed by atoms with E-state index in [2.05, 4.69) is 34.5 Å². The van der Waals surface area contributed by atoms with Gasteiger partial charge in [0.05, 0.1) is 15.2 Å². The summed E-state index contributed by atoms with van der Waals surface area (Å²) in [5.74, 6) is 0.860. The number of hydrogen-bond acceptors (Lipinski definition) is 3. The maximum atomic E-state index is 5.97. The first-order valence-electron chi connectivity index (χ1n) is 6.80. The van der Waals surface area contributed by atoms with Crippen LogP contribution >= 0.6 is 22.9 Å². The summed E-state index contributed by atoms with van der Waals surface area (Å²) in [5.41, 5.74) is 0.972. The van der Waals surface area contributed by atoms with E-state index in [1.807, 2.05) is 18.2 Å². The fourth-order valence-electron chi connectivity index (χ4n) is 1.83. The molecule has 0 unspecified atom stereocenters. The number of thiazole rings is 1. The molecule has 1 aromatic heterocycles. The number of aromatic nitrogens is 1. The predicted octanol–water partition coefficient (Wildman–Crippen LogP) is 3.07. The topological polar surface area (TPSA) is 49.3 Å². The Morgan fingerprint density at radius 2 is 2.05 bits per heavy atom. The molecule has 1 aromatic carbocycles. The molecule has 2 aromatic rings. The third-order valence-electron chi connectivity index (χ3n) is 2.68. The minimum absolute atomic E-state index is 0.725. The molecule has 0 atom stereocenters. The van der Waals surface area contributed by atoms with Crippen LogP contribution in [0.25, 0.3) is 10.2 Å². The Bertz CT molecular complexity index is 586. The number of halogens is 1. The van der Waals surface area contributed by atoms with E-state index >= 15 is 0 Å². The summed E-state index contributed by atoms with van der Waals surface area (Å²) >= 11 is 7.67. The highest BCUT2D eigenvalue weighted by molar-refractivity contribution is 7.18. The van der Waals surface area contributed by atoms with Crippen molar-refractivity contribution < 1.29 is 0 Å². The molecular weight excluding hydrogens is 292 g/mol. The monoisotopic (exact) mass is 310 g/mol. The molecule has 6 heteroatoms. The first kappa shape index (κ1) is 15.1. The van der Waals surface area contributed by atoms with Gasteiger partial charge in [-0.25, -0.2) is 4.98 Å². The minimum Gasteiger partial charge on any atom is -0.357 e. The summed E-state index contributed by atoms with van der Waals surface area (Å²) in [4.78, 5) is 9.11. The Morgan fingerprint density at radius 3 is 2.75 bits per heavy atom. The fourth-order valence-corrected chi connectivity index (χ4v) is 2.93. The first-order chi connectivity index (χ1) is 9.72. The number of nitrogens with one attached hydrogen (secondary N) is 2. The van der Waals surface area contributed by atoms with Crippen LogP contribution in [-0.4, -0.2) is 30.6 Å². The molecule has 0 bridgehead atoms. The minimum atomic E-state index is 0.725. The van der Waals surface area contributed by atoms with Gasteiger partial charge in [-0.05, 0) is 32.0 Å². The van der Waals surface area contributed by atoms with Crippen molar-refractivity contribution in [3.05, 3.63) is 28.2 Å². The average Bonchev–Trinajstić information content (AvgIpc) is 2.81. The van der Waals surface area contributed by atoms with Gasteiger partial charge in [-0.1, -0.05) is 11.6 Å². The maximum Gasteiger partial charge on any atom is 0.191 e. The van der Waals surface area contributed by atoms with Crippen LogP contribution in [0.1, 0.15) is 18.9 Å². The highest BCUT2D eigenvalue weighted by Crippen LogP contribution is 2.25. The average molecular weight is 311 g/mol. The van der Waals surface area contributed by atoms with Crippen LogP contribution < -0.4 is 10.6 Å². The SMILES string of the molecule is CCNC(=NCCc1nc2cc(Cl)ccc2s1)NCC. The van der Waals surface area contributed by atoms with Crippen molar-refractivity contribution in [3.8, 4) is 0 Å². The lowest BCUT2D eigenvalue weighted by Crippen LogP contribution is -2.37. The van der Waals surface area contributed by atoms with Crippen molar-refractivity contribution >= 4 is 39.1 Å². The van der Waals surface area contributed by atoms with Crippen LogP contribution in [0.15, 0.2) is 23.2 Å². The van der Waals surface area contributed by atoms with E-state index in [1.54, 1.807) is 11.3 Å². The largest absolute Gasteiger partial charge is 0.357 e. The maximum absolute atomic E-state index is 5.97. The van der Waals surface area contributed by atoms with Crippen LogP contribution in [0.4, 0.5) is 0 Å². The van der Waals surface area contributed by atoms with Gasteiger partial charge in [-0.15, -0.1) is 11.3 Å². The lowest BCUT2D eigenvalue weighted by atomic mass is 10.3. The van der Waals surface area contributed by atoms with Crippen molar-refractivity contribution in [1.82, 2.24) is 15.6 Å². The van der Waals surface area contributed by atoms with Gasteiger partial charge in [0.15, 0.2) is 5.96 Å². The lowest BCUT2D eigenvalue weighted by molar-refractivity contribution is 0.832. The Morgan fingerprint density at radius 1 is 1.30 bits per heavy atom. The van der Waals surface area contributed by atoms with Gasteiger partial charge < -0.3 is 10.6 Å². The normalized spacial score (nSPS) is 10.6. The molecule has 0 amide bonds. The van der Waals surface area contributed by atoms with E-state index in [0.29, 0.717) is 0 Å². The van der Waals surface area contributed by atoms with Crippen molar-refractivity contribution in [2.24, 2.45) is 4.99 Å². The summed E-state index contributed by atoms with van der Waals surface area (Å²) in [6, 6.07) is 5.83. The predicted molar refractivity (Wildman–Crippen MR) is 88.0 cm³/mol. The molecule has 108 valence electrons. The molecule has 0 aliphatic rings. The van der Waals surface area contributed by atoms with Gasteiger partial charge in [0.1, 0.15) is 0 Å². The second kappa shape index (κ2) is 7.45. The molecule has 0 aliphatic heterocycles. The van der Waals surface area contributed by atoms with Crippen LogP contribution in [-0.2, 0) is 6.42 Å². The van der Waals surface area contributed by atoms with Crippen molar-refractivity contribution in [1.29, 1.82) is 0 Å². The molecule has 0 saturated heterocycles. The zero-order valence-corrected chi connectivity index (χ0v) is 13.3. The molecule has 0 spiro atoms. The number of nitrogens with zero attached hydrogens (tertiary/aromatic N) is 2. The van der Waals surface area contributed by atoms with E-state index in [-0.39, 0.29) is 0 Å². The van der Waals surface area contributed by atoms with Crippen molar-refractivity contribution in [2.45, 2.75) is 20.3 Å². The van der Waals surface area contributed by atoms with Crippen molar-refractivity contribution in [3.63, 3.8) is 0 Å². The van der Waals surface area contributed by atoms with Gasteiger partial charge in [-0.3, -0.25) is 4.99 Å². The number of guanidine groups is 1.